The molecule has 3 heterocycles. The maximum atomic E-state index is 13.1. The molecule has 1 N–H and O–H groups in total. The second kappa shape index (κ2) is 7.46. The number of nitrogens with one attached hydrogen (secondary N) is 1. The van der Waals surface area contributed by atoms with Gasteiger partial charge in [-0.3, -0.25) is 14.0 Å². The van der Waals surface area contributed by atoms with Crippen LogP contribution in [0.15, 0.2) is 59.5 Å². The van der Waals surface area contributed by atoms with Gasteiger partial charge in [-0.05, 0) is 42.0 Å². The third kappa shape index (κ3) is 3.57. The van der Waals surface area contributed by atoms with Crippen LogP contribution in [0.5, 0.6) is 0 Å². The number of fused-ring (bicyclic) bond motifs is 4. The van der Waals surface area contributed by atoms with E-state index in [1.807, 2.05) is 36.4 Å². The fourth-order valence-electron chi connectivity index (χ4n) is 4.58. The molecular weight excluding hydrogens is 388 g/mol. The fourth-order valence-corrected chi connectivity index (χ4v) is 4.58. The Bertz CT molecular complexity index is 1370. The van der Waals surface area contributed by atoms with Crippen LogP contribution in [0.1, 0.15) is 30.6 Å². The van der Waals surface area contributed by atoms with Crippen LogP contribution < -0.4 is 10.9 Å². The van der Waals surface area contributed by atoms with Crippen LogP contribution in [0, 0.1) is 5.41 Å². The summed E-state index contributed by atoms with van der Waals surface area (Å²) in [6.45, 7) is 8.05. The standard InChI is InChI=1S/C25H26N4O2/c1-25(2)11-14-28(16-25)15-12-26-23(30)20-8-5-13-29-22(20)27-21-18-7-4-3-6-17(18)9-10-19(21)24(29)31/h3-10,13H,11-12,14-16H2,1-2H3,(H,26,30). The minimum Gasteiger partial charge on any atom is -0.351 e. The molecule has 6 nitrogen and oxygen atoms in total. The van der Waals surface area contributed by atoms with Gasteiger partial charge in [-0.1, -0.05) is 44.2 Å². The van der Waals surface area contributed by atoms with Crippen molar-refractivity contribution in [2.24, 2.45) is 5.41 Å². The average Bonchev–Trinajstić information content (AvgIpc) is 3.12. The van der Waals surface area contributed by atoms with Gasteiger partial charge in [-0.25, -0.2) is 4.98 Å². The lowest BCUT2D eigenvalue weighted by Gasteiger charge is -2.19. The van der Waals surface area contributed by atoms with Gasteiger partial charge < -0.3 is 10.2 Å². The lowest BCUT2D eigenvalue weighted by Crippen LogP contribution is -2.35. The van der Waals surface area contributed by atoms with E-state index in [4.69, 9.17) is 4.98 Å². The first-order valence-corrected chi connectivity index (χ1v) is 10.8. The van der Waals surface area contributed by atoms with Gasteiger partial charge >= 0.3 is 0 Å². The Morgan fingerprint density at radius 3 is 2.74 bits per heavy atom. The Balaban J connectivity index is 1.49. The number of carbonyl (C=O) groups excluding carboxylic acids is 1. The van der Waals surface area contributed by atoms with Crippen molar-refractivity contribution in [3.63, 3.8) is 0 Å². The van der Waals surface area contributed by atoms with Crippen molar-refractivity contribution in [2.45, 2.75) is 20.3 Å². The molecule has 1 aliphatic heterocycles. The van der Waals surface area contributed by atoms with E-state index in [2.05, 4.69) is 24.1 Å². The number of hydrogen-bond donors (Lipinski definition) is 1. The predicted octanol–water partition coefficient (Wildman–Crippen LogP) is 3.46. The summed E-state index contributed by atoms with van der Waals surface area (Å²) in [4.78, 5) is 33.3. The van der Waals surface area contributed by atoms with E-state index in [9.17, 15) is 9.59 Å². The first kappa shape index (κ1) is 19.7. The molecule has 4 aromatic rings. The van der Waals surface area contributed by atoms with E-state index < -0.39 is 0 Å². The molecule has 1 saturated heterocycles. The molecule has 0 aliphatic carbocycles. The van der Waals surface area contributed by atoms with Crippen molar-refractivity contribution in [2.75, 3.05) is 26.2 Å². The summed E-state index contributed by atoms with van der Waals surface area (Å²) in [6.07, 6.45) is 2.85. The van der Waals surface area contributed by atoms with Gasteiger partial charge in [0.2, 0.25) is 0 Å². The Hall–Kier alpha value is -3.25. The van der Waals surface area contributed by atoms with Crippen LogP contribution in [-0.2, 0) is 0 Å². The van der Waals surface area contributed by atoms with E-state index in [1.54, 1.807) is 18.3 Å². The number of pyridine rings is 1. The highest BCUT2D eigenvalue weighted by Crippen LogP contribution is 2.28. The molecular formula is C25H26N4O2. The van der Waals surface area contributed by atoms with E-state index in [0.717, 1.165) is 30.4 Å². The molecule has 6 heteroatoms. The summed E-state index contributed by atoms with van der Waals surface area (Å²) in [7, 11) is 0. The molecule has 0 spiro atoms. The number of rotatable bonds is 4. The van der Waals surface area contributed by atoms with Gasteiger partial charge in [0.05, 0.1) is 16.5 Å². The molecule has 31 heavy (non-hydrogen) atoms. The normalized spacial score (nSPS) is 16.3. The lowest BCUT2D eigenvalue weighted by molar-refractivity contribution is 0.0950. The topological polar surface area (TPSA) is 66.7 Å². The zero-order chi connectivity index (χ0) is 21.6. The molecule has 5 rings (SSSR count). The Labute approximate surface area is 180 Å². The van der Waals surface area contributed by atoms with Crippen LogP contribution in [0.25, 0.3) is 27.3 Å². The van der Waals surface area contributed by atoms with Crippen molar-refractivity contribution < 1.29 is 4.79 Å². The van der Waals surface area contributed by atoms with E-state index >= 15 is 0 Å². The van der Waals surface area contributed by atoms with Crippen LogP contribution >= 0.6 is 0 Å². The summed E-state index contributed by atoms with van der Waals surface area (Å²) in [6, 6.07) is 15.0. The highest BCUT2D eigenvalue weighted by Gasteiger charge is 2.28. The molecule has 2 aromatic heterocycles. The Morgan fingerprint density at radius 2 is 1.94 bits per heavy atom. The fraction of sp³-hybridized carbons (Fsp3) is 0.320. The Morgan fingerprint density at radius 1 is 1.10 bits per heavy atom. The summed E-state index contributed by atoms with van der Waals surface area (Å²) in [5.41, 5.74) is 1.60. The minimum atomic E-state index is -0.206. The molecule has 0 unspecified atom stereocenters. The van der Waals surface area contributed by atoms with Gasteiger partial charge in [-0.15, -0.1) is 0 Å². The van der Waals surface area contributed by atoms with E-state index in [0.29, 0.717) is 34.1 Å². The maximum absolute atomic E-state index is 13.1. The van der Waals surface area contributed by atoms with Gasteiger partial charge in [0.15, 0.2) is 5.65 Å². The summed E-state index contributed by atoms with van der Waals surface area (Å²) in [5, 5.41) is 5.48. The molecule has 2 aromatic carbocycles. The monoisotopic (exact) mass is 414 g/mol. The van der Waals surface area contributed by atoms with Crippen molar-refractivity contribution in [1.29, 1.82) is 0 Å². The van der Waals surface area contributed by atoms with Crippen molar-refractivity contribution in [3.05, 3.63) is 70.6 Å². The number of carbonyl (C=O) groups is 1. The number of amides is 1. The quantitative estimate of drug-likeness (QED) is 0.410. The highest BCUT2D eigenvalue weighted by molar-refractivity contribution is 6.07. The third-order valence-corrected chi connectivity index (χ3v) is 6.25. The van der Waals surface area contributed by atoms with Crippen LogP contribution in [0.4, 0.5) is 0 Å². The third-order valence-electron chi connectivity index (χ3n) is 6.25. The number of aromatic nitrogens is 2. The summed E-state index contributed by atoms with van der Waals surface area (Å²) < 4.78 is 1.47. The van der Waals surface area contributed by atoms with Gasteiger partial charge in [0, 0.05) is 31.2 Å². The molecule has 1 amide bonds. The van der Waals surface area contributed by atoms with Crippen molar-refractivity contribution in [3.8, 4) is 0 Å². The molecule has 0 bridgehead atoms. The molecule has 1 aliphatic rings. The molecule has 1 fully saturated rings. The van der Waals surface area contributed by atoms with E-state index in [1.165, 1.54) is 10.8 Å². The van der Waals surface area contributed by atoms with Crippen molar-refractivity contribution >= 4 is 33.2 Å². The molecule has 158 valence electrons. The number of benzene rings is 2. The zero-order valence-corrected chi connectivity index (χ0v) is 17.9. The minimum absolute atomic E-state index is 0.167. The van der Waals surface area contributed by atoms with Crippen LogP contribution in [0.2, 0.25) is 0 Å². The predicted molar refractivity (Wildman–Crippen MR) is 124 cm³/mol. The second-order valence-corrected chi connectivity index (χ2v) is 9.16. The average molecular weight is 415 g/mol. The maximum Gasteiger partial charge on any atom is 0.265 e. The lowest BCUT2D eigenvalue weighted by atomic mass is 9.93. The molecule has 0 atom stereocenters. The SMILES string of the molecule is CC1(C)CCN(CCNC(=O)c2cccn3c(=O)c4ccc5ccccc5c4nc23)C1. The number of likely N-dealkylation sites (tertiary alicyclic amines) is 1. The smallest absolute Gasteiger partial charge is 0.265 e. The first-order valence-electron chi connectivity index (χ1n) is 10.8. The number of hydrogen-bond acceptors (Lipinski definition) is 4. The van der Waals surface area contributed by atoms with Crippen LogP contribution in [0.3, 0.4) is 0 Å². The first-order chi connectivity index (χ1) is 14.9. The van der Waals surface area contributed by atoms with Crippen molar-refractivity contribution in [1.82, 2.24) is 19.6 Å². The summed E-state index contributed by atoms with van der Waals surface area (Å²) >= 11 is 0. The zero-order valence-electron chi connectivity index (χ0n) is 17.9. The van der Waals surface area contributed by atoms with Gasteiger partial charge in [0.1, 0.15) is 0 Å². The highest BCUT2D eigenvalue weighted by atomic mass is 16.2. The Kier molecular flexibility index (Phi) is 4.74. The van der Waals surface area contributed by atoms with Crippen LogP contribution in [-0.4, -0.2) is 46.4 Å². The van der Waals surface area contributed by atoms with Gasteiger partial charge in [0.25, 0.3) is 11.5 Å². The van der Waals surface area contributed by atoms with Gasteiger partial charge in [-0.2, -0.15) is 0 Å². The molecule has 0 radical (unpaired) electrons. The number of nitrogens with zero attached hydrogens (tertiary/aromatic N) is 3. The largest absolute Gasteiger partial charge is 0.351 e. The summed E-state index contributed by atoms with van der Waals surface area (Å²) in [5.74, 6) is -0.206. The van der Waals surface area contributed by atoms with E-state index in [-0.39, 0.29) is 11.5 Å². The second-order valence-electron chi connectivity index (χ2n) is 9.16. The molecule has 0 saturated carbocycles.